The van der Waals surface area contributed by atoms with Gasteiger partial charge in [-0.05, 0) is 30.3 Å². The van der Waals surface area contributed by atoms with Crippen LogP contribution < -0.4 is 20.1 Å². The molecule has 144 valence electrons. The average Bonchev–Trinajstić information content (AvgIpc) is 2.73. The molecule has 28 heavy (non-hydrogen) atoms. The van der Waals surface area contributed by atoms with Crippen molar-refractivity contribution < 1.29 is 18.7 Å². The van der Waals surface area contributed by atoms with Crippen molar-refractivity contribution in [2.24, 2.45) is 0 Å². The summed E-state index contributed by atoms with van der Waals surface area (Å²) in [6.07, 6.45) is 1.45. The Morgan fingerprint density at radius 3 is 2.57 bits per heavy atom. The maximum absolute atomic E-state index is 13.7. The molecule has 0 bridgehead atoms. The number of rotatable bonds is 7. The van der Waals surface area contributed by atoms with Crippen molar-refractivity contribution in [1.29, 1.82) is 0 Å². The molecular formula is C21H20FN3O3. The lowest BCUT2D eigenvalue weighted by atomic mass is 10.2. The second-order valence-corrected chi connectivity index (χ2v) is 5.90. The van der Waals surface area contributed by atoms with E-state index in [2.05, 4.69) is 15.6 Å². The Morgan fingerprint density at radius 1 is 1.07 bits per heavy atom. The van der Waals surface area contributed by atoms with Crippen LogP contribution in [0.4, 0.5) is 15.9 Å². The van der Waals surface area contributed by atoms with Gasteiger partial charge < -0.3 is 20.1 Å². The van der Waals surface area contributed by atoms with Crippen molar-refractivity contribution in [2.75, 3.05) is 24.9 Å². The first-order valence-corrected chi connectivity index (χ1v) is 8.57. The van der Waals surface area contributed by atoms with E-state index in [0.29, 0.717) is 40.7 Å². The lowest BCUT2D eigenvalue weighted by Gasteiger charge is -2.12. The Hall–Kier alpha value is -3.61. The molecule has 2 aromatic carbocycles. The van der Waals surface area contributed by atoms with Gasteiger partial charge in [-0.1, -0.05) is 18.2 Å². The van der Waals surface area contributed by atoms with Gasteiger partial charge in [-0.2, -0.15) is 0 Å². The van der Waals surface area contributed by atoms with Gasteiger partial charge in [0.25, 0.3) is 5.91 Å². The molecule has 3 aromatic rings. The molecule has 6 nitrogen and oxygen atoms in total. The molecular weight excluding hydrogens is 361 g/mol. The molecule has 3 rings (SSSR count). The van der Waals surface area contributed by atoms with Gasteiger partial charge >= 0.3 is 0 Å². The summed E-state index contributed by atoms with van der Waals surface area (Å²) >= 11 is 0. The summed E-state index contributed by atoms with van der Waals surface area (Å²) in [6.45, 7) is 0.298. The number of amides is 1. The Morgan fingerprint density at radius 2 is 1.89 bits per heavy atom. The predicted octanol–water partition coefficient (Wildman–Crippen LogP) is 4.10. The Balaban J connectivity index is 1.66. The second kappa shape index (κ2) is 8.85. The van der Waals surface area contributed by atoms with Crippen LogP contribution in [-0.2, 0) is 6.54 Å². The van der Waals surface area contributed by atoms with Gasteiger partial charge in [0.1, 0.15) is 23.1 Å². The number of anilines is 2. The summed E-state index contributed by atoms with van der Waals surface area (Å²) in [7, 11) is 3.07. The number of pyridine rings is 1. The van der Waals surface area contributed by atoms with Gasteiger partial charge in [0.15, 0.2) is 0 Å². The van der Waals surface area contributed by atoms with E-state index in [9.17, 15) is 9.18 Å². The quantitative estimate of drug-likeness (QED) is 0.645. The van der Waals surface area contributed by atoms with Crippen LogP contribution in [0.15, 0.2) is 60.8 Å². The maximum atomic E-state index is 13.7. The average molecular weight is 381 g/mol. The number of methoxy groups -OCH3 is 2. The van der Waals surface area contributed by atoms with Crippen LogP contribution in [0.3, 0.4) is 0 Å². The molecule has 2 N–H and O–H groups in total. The number of ether oxygens (including phenoxy) is 2. The highest BCUT2D eigenvalue weighted by Crippen LogP contribution is 2.29. The van der Waals surface area contributed by atoms with E-state index >= 15 is 0 Å². The topological polar surface area (TPSA) is 72.5 Å². The standard InChI is InChI=1S/C21H20FN3O3/c1-27-16-8-9-19(28-2)18(11-16)25-21(26)15-7-10-20(24-13-15)23-12-14-5-3-4-6-17(14)22/h3-11,13H,12H2,1-2H3,(H,23,24)(H,25,26). The Labute approximate surface area is 162 Å². The largest absolute Gasteiger partial charge is 0.497 e. The summed E-state index contributed by atoms with van der Waals surface area (Å²) in [5.74, 6) is 1.05. The van der Waals surface area contributed by atoms with Gasteiger partial charge in [0, 0.05) is 24.4 Å². The molecule has 1 aromatic heterocycles. The number of halogens is 1. The molecule has 1 amide bonds. The highest BCUT2D eigenvalue weighted by atomic mass is 19.1. The zero-order valence-electron chi connectivity index (χ0n) is 15.5. The monoisotopic (exact) mass is 381 g/mol. The molecule has 0 aliphatic rings. The minimum absolute atomic E-state index is 0.279. The van der Waals surface area contributed by atoms with Gasteiger partial charge in [0.05, 0.1) is 25.5 Å². The molecule has 0 saturated carbocycles. The van der Waals surface area contributed by atoms with Crippen molar-refractivity contribution in [3.05, 3.63) is 77.7 Å². The lowest BCUT2D eigenvalue weighted by molar-refractivity contribution is 0.102. The summed E-state index contributed by atoms with van der Waals surface area (Å²) in [4.78, 5) is 16.7. The lowest BCUT2D eigenvalue weighted by Crippen LogP contribution is -2.13. The van der Waals surface area contributed by atoms with Crippen molar-refractivity contribution >= 4 is 17.4 Å². The first-order valence-electron chi connectivity index (χ1n) is 8.57. The molecule has 0 saturated heterocycles. The van der Waals surface area contributed by atoms with E-state index in [1.165, 1.54) is 19.4 Å². The minimum atomic E-state index is -0.334. The normalized spacial score (nSPS) is 10.2. The van der Waals surface area contributed by atoms with Crippen LogP contribution in [0.25, 0.3) is 0 Å². The van der Waals surface area contributed by atoms with Crippen molar-refractivity contribution in [1.82, 2.24) is 4.98 Å². The van der Waals surface area contributed by atoms with Crippen LogP contribution in [0.5, 0.6) is 11.5 Å². The number of aromatic nitrogens is 1. The van der Waals surface area contributed by atoms with E-state index in [1.807, 2.05) is 0 Å². The van der Waals surface area contributed by atoms with Gasteiger partial charge in [-0.15, -0.1) is 0 Å². The molecule has 1 heterocycles. The van der Waals surface area contributed by atoms with E-state index in [4.69, 9.17) is 9.47 Å². The third kappa shape index (κ3) is 4.56. The molecule has 0 unspecified atom stereocenters. The predicted molar refractivity (Wildman–Crippen MR) is 105 cm³/mol. The number of nitrogens with zero attached hydrogens (tertiary/aromatic N) is 1. The van der Waals surface area contributed by atoms with Gasteiger partial charge in [0.2, 0.25) is 0 Å². The van der Waals surface area contributed by atoms with Crippen LogP contribution in [0.2, 0.25) is 0 Å². The smallest absolute Gasteiger partial charge is 0.257 e. The zero-order chi connectivity index (χ0) is 19.9. The Bertz CT molecular complexity index is 961. The third-order valence-electron chi connectivity index (χ3n) is 4.10. The van der Waals surface area contributed by atoms with Crippen LogP contribution in [-0.4, -0.2) is 25.1 Å². The SMILES string of the molecule is COc1ccc(OC)c(NC(=O)c2ccc(NCc3ccccc3F)nc2)c1. The van der Waals surface area contributed by atoms with E-state index in [1.54, 1.807) is 55.6 Å². The highest BCUT2D eigenvalue weighted by Gasteiger charge is 2.12. The number of hydrogen-bond acceptors (Lipinski definition) is 5. The number of carbonyl (C=O) groups excluding carboxylic acids is 1. The molecule has 7 heteroatoms. The van der Waals surface area contributed by atoms with Crippen LogP contribution in [0, 0.1) is 5.82 Å². The molecule has 0 atom stereocenters. The highest BCUT2D eigenvalue weighted by molar-refractivity contribution is 6.05. The van der Waals surface area contributed by atoms with E-state index < -0.39 is 0 Å². The van der Waals surface area contributed by atoms with Crippen molar-refractivity contribution in [3.8, 4) is 11.5 Å². The van der Waals surface area contributed by atoms with Gasteiger partial charge in [-0.25, -0.2) is 9.37 Å². The van der Waals surface area contributed by atoms with E-state index in [0.717, 1.165) is 0 Å². The first-order chi connectivity index (χ1) is 13.6. The summed E-state index contributed by atoms with van der Waals surface area (Å²) < 4.78 is 24.1. The second-order valence-electron chi connectivity index (χ2n) is 5.90. The molecule has 0 aliphatic heterocycles. The fourth-order valence-corrected chi connectivity index (χ4v) is 2.57. The van der Waals surface area contributed by atoms with Crippen molar-refractivity contribution in [2.45, 2.75) is 6.54 Å². The number of nitrogens with one attached hydrogen (secondary N) is 2. The molecule has 0 aliphatic carbocycles. The van der Waals surface area contributed by atoms with E-state index in [-0.39, 0.29) is 11.7 Å². The first kappa shape index (κ1) is 19.2. The summed E-state index contributed by atoms with van der Waals surface area (Å²) in [5, 5.41) is 5.81. The number of carbonyl (C=O) groups is 1. The zero-order valence-corrected chi connectivity index (χ0v) is 15.5. The molecule has 0 fully saturated rings. The van der Waals surface area contributed by atoms with Crippen molar-refractivity contribution in [3.63, 3.8) is 0 Å². The summed E-state index contributed by atoms with van der Waals surface area (Å²) in [6, 6.07) is 15.0. The maximum Gasteiger partial charge on any atom is 0.257 e. The van der Waals surface area contributed by atoms with Gasteiger partial charge in [-0.3, -0.25) is 4.79 Å². The van der Waals surface area contributed by atoms with Crippen LogP contribution >= 0.6 is 0 Å². The number of benzene rings is 2. The molecule has 0 radical (unpaired) electrons. The summed E-state index contributed by atoms with van der Waals surface area (Å²) in [5.41, 5.74) is 1.41. The minimum Gasteiger partial charge on any atom is -0.497 e. The fraction of sp³-hybridized carbons (Fsp3) is 0.143. The third-order valence-corrected chi connectivity index (χ3v) is 4.10. The van der Waals surface area contributed by atoms with Crippen LogP contribution in [0.1, 0.15) is 15.9 Å². The fourth-order valence-electron chi connectivity index (χ4n) is 2.57. The number of hydrogen-bond donors (Lipinski definition) is 2. The Kier molecular flexibility index (Phi) is 6.06. The molecule has 0 spiro atoms.